The topological polar surface area (TPSA) is 92.7 Å². The number of carbonyl (C=O) groups is 3. The number of piperidine rings is 1. The van der Waals surface area contributed by atoms with Gasteiger partial charge in [0.05, 0.1) is 11.1 Å². The maximum Gasteiger partial charge on any atom is 0.346 e. The monoisotopic (exact) mass is 442 g/mol. The Morgan fingerprint density at radius 3 is 2.48 bits per heavy atom. The lowest BCUT2D eigenvalue weighted by atomic mass is 9.90. The summed E-state index contributed by atoms with van der Waals surface area (Å²) < 4.78 is 4.60. The SMILES string of the molecule is CN(C(=O)c1ccc2c(c1)C(=O)OC2=O)c1ccnc(N2CCC(c3ccccc3)CC2)n1. The van der Waals surface area contributed by atoms with E-state index in [1.54, 1.807) is 19.3 Å². The summed E-state index contributed by atoms with van der Waals surface area (Å²) in [6, 6.07) is 16.5. The van der Waals surface area contributed by atoms with Gasteiger partial charge in [0.2, 0.25) is 5.95 Å². The quantitative estimate of drug-likeness (QED) is 0.451. The molecule has 8 nitrogen and oxygen atoms in total. The number of nitrogens with zero attached hydrogens (tertiary/aromatic N) is 4. The minimum Gasteiger partial charge on any atom is -0.386 e. The number of hydrogen-bond acceptors (Lipinski definition) is 7. The fraction of sp³-hybridized carbons (Fsp3) is 0.240. The van der Waals surface area contributed by atoms with Crippen molar-refractivity contribution in [2.45, 2.75) is 18.8 Å². The molecule has 0 bridgehead atoms. The Morgan fingerprint density at radius 2 is 1.73 bits per heavy atom. The van der Waals surface area contributed by atoms with E-state index in [0.29, 0.717) is 17.7 Å². The molecule has 166 valence electrons. The summed E-state index contributed by atoms with van der Waals surface area (Å²) in [6.45, 7) is 1.67. The number of ether oxygens (including phenoxy) is 1. The van der Waals surface area contributed by atoms with Crippen LogP contribution >= 0.6 is 0 Å². The molecule has 2 aliphatic rings. The number of carbonyl (C=O) groups excluding carboxylic acids is 3. The second-order valence-corrected chi connectivity index (χ2v) is 8.19. The summed E-state index contributed by atoms with van der Waals surface area (Å²) in [6.07, 6.45) is 3.66. The highest BCUT2D eigenvalue weighted by Gasteiger charge is 2.31. The van der Waals surface area contributed by atoms with Gasteiger partial charge in [-0.15, -0.1) is 0 Å². The molecule has 0 saturated carbocycles. The molecule has 2 aliphatic heterocycles. The van der Waals surface area contributed by atoms with Crippen LogP contribution < -0.4 is 9.80 Å². The van der Waals surface area contributed by atoms with Crippen LogP contribution in [-0.2, 0) is 4.74 Å². The smallest absolute Gasteiger partial charge is 0.346 e. The number of fused-ring (bicyclic) bond motifs is 1. The highest BCUT2D eigenvalue weighted by atomic mass is 16.6. The van der Waals surface area contributed by atoms with Crippen molar-refractivity contribution < 1.29 is 19.1 Å². The Morgan fingerprint density at radius 1 is 1.00 bits per heavy atom. The summed E-state index contributed by atoms with van der Waals surface area (Å²) in [5.74, 6) is -0.226. The van der Waals surface area contributed by atoms with Gasteiger partial charge in [0, 0.05) is 31.9 Å². The molecule has 0 radical (unpaired) electrons. The standard InChI is InChI=1S/C25H22N4O4/c1-28(22(30)18-7-8-19-20(15-18)24(32)33-23(19)31)21-9-12-26-25(27-21)29-13-10-17(11-14-29)16-5-3-2-4-6-16/h2-9,12,15,17H,10-11,13-14H2,1H3. The zero-order valence-corrected chi connectivity index (χ0v) is 18.1. The number of esters is 2. The first-order chi connectivity index (χ1) is 16.0. The maximum atomic E-state index is 13.0. The van der Waals surface area contributed by atoms with Crippen molar-refractivity contribution in [3.05, 3.63) is 83.0 Å². The fourth-order valence-corrected chi connectivity index (χ4v) is 4.33. The molecule has 0 aliphatic carbocycles. The van der Waals surface area contributed by atoms with Crippen LogP contribution in [0.15, 0.2) is 60.8 Å². The molecule has 2 aromatic carbocycles. The van der Waals surface area contributed by atoms with Crippen molar-refractivity contribution in [1.82, 2.24) is 9.97 Å². The Kier molecular flexibility index (Phi) is 5.34. The van der Waals surface area contributed by atoms with E-state index in [0.717, 1.165) is 25.9 Å². The number of anilines is 2. The third-order valence-electron chi connectivity index (χ3n) is 6.22. The van der Waals surface area contributed by atoms with Crippen LogP contribution in [0.5, 0.6) is 0 Å². The maximum absolute atomic E-state index is 13.0. The van der Waals surface area contributed by atoms with Crippen LogP contribution in [0.3, 0.4) is 0 Å². The van der Waals surface area contributed by atoms with Crippen LogP contribution in [0.1, 0.15) is 55.4 Å². The van der Waals surface area contributed by atoms with E-state index >= 15 is 0 Å². The predicted molar refractivity (Wildman–Crippen MR) is 122 cm³/mol. The number of aromatic nitrogens is 2. The van der Waals surface area contributed by atoms with Crippen LogP contribution in [0.25, 0.3) is 0 Å². The molecule has 1 saturated heterocycles. The Hall–Kier alpha value is -4.07. The van der Waals surface area contributed by atoms with Crippen molar-refractivity contribution in [1.29, 1.82) is 0 Å². The zero-order valence-electron chi connectivity index (χ0n) is 18.1. The van der Waals surface area contributed by atoms with Gasteiger partial charge in [-0.2, -0.15) is 4.98 Å². The average Bonchev–Trinajstić information content (AvgIpc) is 3.16. The summed E-state index contributed by atoms with van der Waals surface area (Å²) in [5, 5.41) is 0. The van der Waals surface area contributed by atoms with Crippen LogP contribution in [0.4, 0.5) is 11.8 Å². The normalized spacial score (nSPS) is 15.8. The molecule has 33 heavy (non-hydrogen) atoms. The minimum absolute atomic E-state index is 0.101. The van der Waals surface area contributed by atoms with Crippen molar-refractivity contribution in [3.8, 4) is 0 Å². The average molecular weight is 442 g/mol. The van der Waals surface area contributed by atoms with Gasteiger partial charge in [-0.25, -0.2) is 14.6 Å². The number of rotatable bonds is 4. The van der Waals surface area contributed by atoms with Crippen LogP contribution in [0.2, 0.25) is 0 Å². The van der Waals surface area contributed by atoms with Crippen molar-refractivity contribution in [2.24, 2.45) is 0 Å². The summed E-state index contributed by atoms with van der Waals surface area (Å²) in [5.41, 5.74) is 1.90. The number of benzene rings is 2. The van der Waals surface area contributed by atoms with Gasteiger partial charge < -0.3 is 9.64 Å². The van der Waals surface area contributed by atoms with Gasteiger partial charge in [-0.1, -0.05) is 30.3 Å². The molecule has 8 heteroatoms. The summed E-state index contributed by atoms with van der Waals surface area (Å²) in [4.78, 5) is 49.1. The van der Waals surface area contributed by atoms with E-state index in [9.17, 15) is 14.4 Å². The highest BCUT2D eigenvalue weighted by molar-refractivity contribution is 6.16. The van der Waals surface area contributed by atoms with E-state index in [4.69, 9.17) is 0 Å². The van der Waals surface area contributed by atoms with E-state index < -0.39 is 11.9 Å². The van der Waals surface area contributed by atoms with E-state index in [1.165, 1.54) is 28.7 Å². The molecule has 0 N–H and O–H groups in total. The van der Waals surface area contributed by atoms with Gasteiger partial charge in [0.25, 0.3) is 5.91 Å². The lowest BCUT2D eigenvalue weighted by Gasteiger charge is -2.32. The first kappa shape index (κ1) is 20.8. The zero-order chi connectivity index (χ0) is 22.9. The van der Waals surface area contributed by atoms with E-state index in [1.807, 2.05) is 6.07 Å². The molecule has 3 aromatic rings. The highest BCUT2D eigenvalue weighted by Crippen LogP contribution is 2.30. The summed E-state index contributed by atoms with van der Waals surface area (Å²) >= 11 is 0. The molecular weight excluding hydrogens is 420 g/mol. The Labute approximate surface area is 190 Å². The lowest BCUT2D eigenvalue weighted by Crippen LogP contribution is -2.35. The molecule has 1 amide bonds. The van der Waals surface area contributed by atoms with Gasteiger partial charge >= 0.3 is 11.9 Å². The third kappa shape index (κ3) is 3.95. The van der Waals surface area contributed by atoms with E-state index in [2.05, 4.69) is 43.9 Å². The molecule has 1 aromatic heterocycles. The van der Waals surface area contributed by atoms with Crippen molar-refractivity contribution in [2.75, 3.05) is 29.9 Å². The second-order valence-electron chi connectivity index (χ2n) is 8.19. The first-order valence-corrected chi connectivity index (χ1v) is 10.8. The van der Waals surface area contributed by atoms with Crippen molar-refractivity contribution in [3.63, 3.8) is 0 Å². The number of hydrogen-bond donors (Lipinski definition) is 0. The molecule has 3 heterocycles. The molecule has 0 spiro atoms. The largest absolute Gasteiger partial charge is 0.386 e. The molecule has 0 unspecified atom stereocenters. The first-order valence-electron chi connectivity index (χ1n) is 10.8. The van der Waals surface area contributed by atoms with Crippen molar-refractivity contribution >= 4 is 29.6 Å². The number of amides is 1. The number of cyclic esters (lactones) is 2. The van der Waals surface area contributed by atoms with Crippen LogP contribution in [0, 0.1) is 0 Å². The molecular formula is C25H22N4O4. The van der Waals surface area contributed by atoms with E-state index in [-0.39, 0.29) is 22.6 Å². The second kappa shape index (κ2) is 8.46. The predicted octanol–water partition coefficient (Wildman–Crippen LogP) is 3.45. The fourth-order valence-electron chi connectivity index (χ4n) is 4.33. The van der Waals surface area contributed by atoms with Gasteiger partial charge in [0.1, 0.15) is 5.82 Å². The molecule has 1 fully saturated rings. The Balaban J connectivity index is 1.30. The minimum atomic E-state index is -0.740. The van der Waals surface area contributed by atoms with Crippen LogP contribution in [-0.4, -0.2) is 48.0 Å². The molecule has 5 rings (SSSR count). The summed E-state index contributed by atoms with van der Waals surface area (Å²) in [7, 11) is 1.62. The van der Waals surface area contributed by atoms with Gasteiger partial charge in [-0.3, -0.25) is 9.69 Å². The lowest BCUT2D eigenvalue weighted by molar-refractivity contribution is 0.0443. The third-order valence-corrected chi connectivity index (χ3v) is 6.22. The van der Waals surface area contributed by atoms with Gasteiger partial charge in [-0.05, 0) is 48.6 Å². The molecule has 0 atom stereocenters. The van der Waals surface area contributed by atoms with Gasteiger partial charge in [0.15, 0.2) is 0 Å². The Bertz CT molecular complexity index is 1240.